The first-order valence-corrected chi connectivity index (χ1v) is 8.45. The molecule has 1 unspecified atom stereocenters. The maximum Gasteiger partial charge on any atom is 0.0441 e. The van der Waals surface area contributed by atoms with Crippen molar-refractivity contribution in [3.63, 3.8) is 0 Å². The third-order valence-electron chi connectivity index (χ3n) is 3.54. The van der Waals surface area contributed by atoms with Crippen LogP contribution in [-0.2, 0) is 6.42 Å². The molecule has 1 aromatic carbocycles. The Morgan fingerprint density at radius 1 is 1.25 bits per heavy atom. The number of hydrogen-bond donors (Lipinski definition) is 1. The van der Waals surface area contributed by atoms with Gasteiger partial charge >= 0.3 is 0 Å². The van der Waals surface area contributed by atoms with Gasteiger partial charge in [-0.15, -0.1) is 0 Å². The number of hydrogen-bond acceptors (Lipinski definition) is 2. The van der Waals surface area contributed by atoms with Crippen molar-refractivity contribution in [1.82, 2.24) is 5.32 Å². The molecule has 0 aliphatic rings. The van der Waals surface area contributed by atoms with Crippen molar-refractivity contribution in [2.24, 2.45) is 0 Å². The largest absolute Gasteiger partial charge is 0.310 e. The van der Waals surface area contributed by atoms with Gasteiger partial charge in [0.2, 0.25) is 0 Å². The first kappa shape index (κ1) is 15.6. The second-order valence-electron chi connectivity index (χ2n) is 5.32. The molecule has 0 aliphatic heterocycles. The lowest BCUT2D eigenvalue weighted by Gasteiger charge is -2.20. The lowest BCUT2D eigenvalue weighted by Crippen LogP contribution is -2.24. The quantitative estimate of drug-likeness (QED) is 0.763. The first-order chi connectivity index (χ1) is 9.61. The third kappa shape index (κ3) is 3.85. The van der Waals surface area contributed by atoms with Gasteiger partial charge in [0.15, 0.2) is 0 Å². The molecule has 1 heterocycles. The van der Waals surface area contributed by atoms with E-state index in [0.29, 0.717) is 6.04 Å². The summed E-state index contributed by atoms with van der Waals surface area (Å²) in [6.07, 6.45) is 2.08. The van der Waals surface area contributed by atoms with Crippen molar-refractivity contribution in [3.8, 4) is 0 Å². The normalized spacial score (nSPS) is 12.6. The molecule has 0 aliphatic carbocycles. The van der Waals surface area contributed by atoms with Crippen molar-refractivity contribution in [1.29, 1.82) is 0 Å². The highest BCUT2D eigenvalue weighted by Gasteiger charge is 2.16. The van der Waals surface area contributed by atoms with Crippen LogP contribution in [0.25, 0.3) is 0 Å². The molecular weight excluding hydrogens is 286 g/mol. The van der Waals surface area contributed by atoms with Crippen LogP contribution in [-0.4, -0.2) is 6.54 Å². The van der Waals surface area contributed by atoms with Gasteiger partial charge in [-0.05, 0) is 72.3 Å². The van der Waals surface area contributed by atoms with Crippen molar-refractivity contribution in [2.45, 2.75) is 39.7 Å². The standard InChI is InChI=1S/C17H22ClNS/c1-4-7-19-17(15-11-20-10-13(15)3)9-14-6-5-12(2)8-16(14)18/h5-6,8,10-11,17,19H,4,7,9H2,1-3H3. The number of halogens is 1. The van der Waals surface area contributed by atoms with E-state index in [1.807, 2.05) is 6.07 Å². The van der Waals surface area contributed by atoms with E-state index in [2.05, 4.69) is 49.0 Å². The van der Waals surface area contributed by atoms with Crippen LogP contribution in [0.4, 0.5) is 0 Å². The van der Waals surface area contributed by atoms with E-state index in [0.717, 1.165) is 24.4 Å². The topological polar surface area (TPSA) is 12.0 Å². The van der Waals surface area contributed by atoms with Crippen LogP contribution < -0.4 is 5.32 Å². The van der Waals surface area contributed by atoms with Crippen LogP contribution in [0.1, 0.15) is 41.6 Å². The van der Waals surface area contributed by atoms with E-state index in [1.54, 1.807) is 11.3 Å². The Kier molecular flexibility index (Phi) is 5.64. The molecule has 0 saturated heterocycles. The summed E-state index contributed by atoms with van der Waals surface area (Å²) in [6.45, 7) is 7.49. The van der Waals surface area contributed by atoms with Crippen molar-refractivity contribution in [2.75, 3.05) is 6.54 Å². The smallest absolute Gasteiger partial charge is 0.0441 e. The van der Waals surface area contributed by atoms with Crippen LogP contribution >= 0.6 is 22.9 Å². The summed E-state index contributed by atoms with van der Waals surface area (Å²) in [5.74, 6) is 0. The number of thiophene rings is 1. The molecule has 1 N–H and O–H groups in total. The summed E-state index contributed by atoms with van der Waals surface area (Å²) in [5.41, 5.74) is 5.20. The van der Waals surface area contributed by atoms with Gasteiger partial charge in [-0.1, -0.05) is 30.7 Å². The van der Waals surface area contributed by atoms with Crippen LogP contribution in [0, 0.1) is 13.8 Å². The van der Waals surface area contributed by atoms with Crippen LogP contribution in [0.2, 0.25) is 5.02 Å². The predicted molar refractivity (Wildman–Crippen MR) is 90.0 cm³/mol. The van der Waals surface area contributed by atoms with Crippen LogP contribution in [0.15, 0.2) is 29.0 Å². The Hall–Kier alpha value is -0.830. The molecule has 0 bridgehead atoms. The first-order valence-electron chi connectivity index (χ1n) is 7.13. The van der Waals surface area contributed by atoms with E-state index in [1.165, 1.54) is 22.3 Å². The van der Waals surface area contributed by atoms with Crippen LogP contribution in [0.5, 0.6) is 0 Å². The van der Waals surface area contributed by atoms with E-state index in [9.17, 15) is 0 Å². The number of benzene rings is 1. The van der Waals surface area contributed by atoms with Gasteiger partial charge in [-0.25, -0.2) is 0 Å². The molecular formula is C17H22ClNS. The molecule has 1 nitrogen and oxygen atoms in total. The van der Waals surface area contributed by atoms with E-state index >= 15 is 0 Å². The molecule has 108 valence electrons. The fraction of sp³-hybridized carbons (Fsp3) is 0.412. The third-order valence-corrected chi connectivity index (χ3v) is 4.78. The molecule has 0 spiro atoms. The Labute approximate surface area is 131 Å². The lowest BCUT2D eigenvalue weighted by atomic mass is 9.98. The van der Waals surface area contributed by atoms with Crippen molar-refractivity contribution < 1.29 is 0 Å². The van der Waals surface area contributed by atoms with Crippen molar-refractivity contribution in [3.05, 3.63) is 56.2 Å². The van der Waals surface area contributed by atoms with E-state index in [-0.39, 0.29) is 0 Å². The zero-order valence-corrected chi connectivity index (χ0v) is 13.9. The summed E-state index contributed by atoms with van der Waals surface area (Å²) in [7, 11) is 0. The van der Waals surface area contributed by atoms with Gasteiger partial charge in [0.1, 0.15) is 0 Å². The van der Waals surface area contributed by atoms with Gasteiger partial charge < -0.3 is 5.32 Å². The maximum absolute atomic E-state index is 6.38. The van der Waals surface area contributed by atoms with E-state index in [4.69, 9.17) is 11.6 Å². The maximum atomic E-state index is 6.38. The van der Waals surface area contributed by atoms with E-state index < -0.39 is 0 Å². The van der Waals surface area contributed by atoms with Gasteiger partial charge in [0, 0.05) is 11.1 Å². The zero-order valence-electron chi connectivity index (χ0n) is 12.4. The minimum absolute atomic E-state index is 0.349. The summed E-state index contributed by atoms with van der Waals surface area (Å²) in [4.78, 5) is 0. The van der Waals surface area contributed by atoms with Crippen LogP contribution in [0.3, 0.4) is 0 Å². The fourth-order valence-electron chi connectivity index (χ4n) is 2.38. The molecule has 1 aromatic heterocycles. The van der Waals surface area contributed by atoms with Gasteiger partial charge in [-0.2, -0.15) is 11.3 Å². The number of nitrogens with one attached hydrogen (secondary N) is 1. The molecule has 3 heteroatoms. The van der Waals surface area contributed by atoms with Gasteiger partial charge in [0.05, 0.1) is 0 Å². The minimum atomic E-state index is 0.349. The highest BCUT2D eigenvalue weighted by molar-refractivity contribution is 7.08. The monoisotopic (exact) mass is 307 g/mol. The Morgan fingerprint density at radius 3 is 2.65 bits per heavy atom. The molecule has 2 aromatic rings. The SMILES string of the molecule is CCCNC(Cc1ccc(C)cc1Cl)c1cscc1C. The average Bonchev–Trinajstić information content (AvgIpc) is 2.83. The summed E-state index contributed by atoms with van der Waals surface area (Å²) in [6, 6.07) is 6.69. The van der Waals surface area contributed by atoms with Crippen molar-refractivity contribution >= 4 is 22.9 Å². The Morgan fingerprint density at radius 2 is 2.05 bits per heavy atom. The Balaban J connectivity index is 2.21. The number of aryl methyl sites for hydroxylation is 2. The average molecular weight is 308 g/mol. The molecule has 0 amide bonds. The molecule has 0 radical (unpaired) electrons. The molecule has 1 atom stereocenters. The fourth-order valence-corrected chi connectivity index (χ4v) is 3.59. The highest BCUT2D eigenvalue weighted by Crippen LogP contribution is 2.28. The van der Waals surface area contributed by atoms with Gasteiger partial charge in [-0.3, -0.25) is 0 Å². The highest BCUT2D eigenvalue weighted by atomic mass is 35.5. The molecule has 0 saturated carbocycles. The summed E-state index contributed by atoms with van der Waals surface area (Å²) in [5, 5.41) is 9.00. The second-order valence-corrected chi connectivity index (χ2v) is 6.47. The number of rotatable bonds is 6. The summed E-state index contributed by atoms with van der Waals surface area (Å²) < 4.78 is 0. The van der Waals surface area contributed by atoms with Gasteiger partial charge in [0.25, 0.3) is 0 Å². The zero-order chi connectivity index (χ0) is 14.5. The lowest BCUT2D eigenvalue weighted by molar-refractivity contribution is 0.528. The molecule has 0 fully saturated rings. The predicted octanol–water partition coefficient (Wildman–Crippen LogP) is 5.30. The summed E-state index contributed by atoms with van der Waals surface area (Å²) >= 11 is 8.16. The Bertz CT molecular complexity index is 562. The molecule has 20 heavy (non-hydrogen) atoms. The minimum Gasteiger partial charge on any atom is -0.310 e. The second kappa shape index (κ2) is 7.26. The molecule has 2 rings (SSSR count).